The Morgan fingerprint density at radius 1 is 1.26 bits per heavy atom. The third kappa shape index (κ3) is 2.09. The molecule has 98 valence electrons. The molecule has 3 heteroatoms. The lowest BCUT2D eigenvalue weighted by Crippen LogP contribution is -2.11. The molecule has 0 aliphatic heterocycles. The van der Waals surface area contributed by atoms with Gasteiger partial charge in [-0.3, -0.25) is 9.59 Å². The number of carboxylic acids is 1. The van der Waals surface area contributed by atoms with Crippen LogP contribution < -0.4 is 0 Å². The molecular formula is C16H16O3. The number of Topliss-reactive ketones (excluding diaryl/α,β-unsaturated/α-hetero) is 1. The highest BCUT2D eigenvalue weighted by atomic mass is 16.4. The number of carboxylic acid groups (broad SMARTS) is 1. The summed E-state index contributed by atoms with van der Waals surface area (Å²) in [6.45, 7) is 0. The van der Waals surface area contributed by atoms with Crippen LogP contribution in [0.5, 0.6) is 0 Å². The van der Waals surface area contributed by atoms with Gasteiger partial charge in [0.05, 0.1) is 6.42 Å². The molecule has 0 fully saturated rings. The van der Waals surface area contributed by atoms with Crippen molar-refractivity contribution in [1.29, 1.82) is 0 Å². The third-order valence-corrected chi connectivity index (χ3v) is 4.13. The van der Waals surface area contributed by atoms with E-state index in [1.54, 1.807) is 0 Å². The molecule has 0 saturated heterocycles. The summed E-state index contributed by atoms with van der Waals surface area (Å²) in [4.78, 5) is 22.7. The van der Waals surface area contributed by atoms with Crippen LogP contribution in [-0.2, 0) is 16.0 Å². The SMILES string of the molecule is O=C(O)CCC(=O)C1=CCC2CCc3cccc1c32. The molecule has 0 heterocycles. The van der Waals surface area contributed by atoms with E-state index in [1.165, 1.54) is 17.5 Å². The number of hydrogen-bond donors (Lipinski definition) is 1. The molecule has 2 aliphatic carbocycles. The van der Waals surface area contributed by atoms with E-state index in [4.69, 9.17) is 5.11 Å². The normalized spacial score (nSPS) is 19.8. The van der Waals surface area contributed by atoms with Gasteiger partial charge in [0.2, 0.25) is 0 Å². The number of rotatable bonds is 4. The Kier molecular flexibility index (Phi) is 2.97. The monoisotopic (exact) mass is 256 g/mol. The molecule has 0 bridgehead atoms. The minimum absolute atomic E-state index is 0.0406. The van der Waals surface area contributed by atoms with Crippen LogP contribution in [-0.4, -0.2) is 16.9 Å². The maximum Gasteiger partial charge on any atom is 0.303 e. The molecule has 0 spiro atoms. The Bertz CT molecular complexity index is 584. The second-order valence-electron chi connectivity index (χ2n) is 5.28. The highest BCUT2D eigenvalue weighted by Crippen LogP contribution is 2.44. The second kappa shape index (κ2) is 4.65. The smallest absolute Gasteiger partial charge is 0.303 e. The van der Waals surface area contributed by atoms with Crippen LogP contribution in [0.15, 0.2) is 24.3 Å². The van der Waals surface area contributed by atoms with Crippen molar-refractivity contribution in [1.82, 2.24) is 0 Å². The molecule has 3 nitrogen and oxygen atoms in total. The first-order valence-corrected chi connectivity index (χ1v) is 6.74. The van der Waals surface area contributed by atoms with Gasteiger partial charge in [0, 0.05) is 12.0 Å². The van der Waals surface area contributed by atoms with Crippen LogP contribution in [0.3, 0.4) is 0 Å². The van der Waals surface area contributed by atoms with Crippen LogP contribution in [0.2, 0.25) is 0 Å². The van der Waals surface area contributed by atoms with E-state index in [2.05, 4.69) is 6.07 Å². The van der Waals surface area contributed by atoms with Crippen molar-refractivity contribution in [3.8, 4) is 0 Å². The zero-order valence-corrected chi connectivity index (χ0v) is 10.7. The highest BCUT2D eigenvalue weighted by Gasteiger charge is 2.30. The molecule has 1 N–H and O–H groups in total. The average Bonchev–Trinajstić information content (AvgIpc) is 2.82. The molecule has 1 aromatic carbocycles. The summed E-state index contributed by atoms with van der Waals surface area (Å²) in [7, 11) is 0. The summed E-state index contributed by atoms with van der Waals surface area (Å²) in [6.07, 6.45) is 5.19. The number of aryl methyl sites for hydroxylation is 1. The van der Waals surface area contributed by atoms with Crippen LogP contribution in [0.1, 0.15) is 48.3 Å². The quantitative estimate of drug-likeness (QED) is 0.901. The zero-order chi connectivity index (χ0) is 13.4. The van der Waals surface area contributed by atoms with Gasteiger partial charge in [0.15, 0.2) is 5.78 Å². The van der Waals surface area contributed by atoms with Crippen LogP contribution >= 0.6 is 0 Å². The molecular weight excluding hydrogens is 240 g/mol. The van der Waals surface area contributed by atoms with E-state index in [1.807, 2.05) is 18.2 Å². The molecule has 19 heavy (non-hydrogen) atoms. The van der Waals surface area contributed by atoms with Crippen molar-refractivity contribution < 1.29 is 14.7 Å². The van der Waals surface area contributed by atoms with Gasteiger partial charge in [-0.1, -0.05) is 24.3 Å². The van der Waals surface area contributed by atoms with Crippen molar-refractivity contribution in [3.63, 3.8) is 0 Å². The van der Waals surface area contributed by atoms with Crippen molar-refractivity contribution >= 4 is 17.3 Å². The molecule has 0 amide bonds. The van der Waals surface area contributed by atoms with E-state index in [0.717, 1.165) is 24.0 Å². The van der Waals surface area contributed by atoms with Gasteiger partial charge in [0.1, 0.15) is 0 Å². The number of hydrogen-bond acceptors (Lipinski definition) is 2. The Balaban J connectivity index is 1.91. The Hall–Kier alpha value is -1.90. The van der Waals surface area contributed by atoms with Crippen LogP contribution in [0.25, 0.3) is 5.57 Å². The standard InChI is InChI=1S/C16H16O3/c17-14(8-9-15(18)19)12-7-6-11-5-4-10-2-1-3-13(12)16(10)11/h1-3,7,11H,4-6,8-9H2,(H,18,19). The first-order chi connectivity index (χ1) is 9.16. The number of carbonyl (C=O) groups is 2. The minimum Gasteiger partial charge on any atom is -0.481 e. The van der Waals surface area contributed by atoms with Crippen molar-refractivity contribution in [3.05, 3.63) is 41.0 Å². The molecule has 1 aromatic rings. The Morgan fingerprint density at radius 2 is 2.11 bits per heavy atom. The minimum atomic E-state index is -0.916. The van der Waals surface area contributed by atoms with Gasteiger partial charge >= 0.3 is 5.97 Å². The molecule has 0 aromatic heterocycles. The summed E-state index contributed by atoms with van der Waals surface area (Å²) >= 11 is 0. The molecule has 0 radical (unpaired) electrons. The molecule has 2 aliphatic rings. The van der Waals surface area contributed by atoms with Gasteiger partial charge in [-0.2, -0.15) is 0 Å². The van der Waals surface area contributed by atoms with E-state index < -0.39 is 5.97 Å². The lowest BCUT2D eigenvalue weighted by molar-refractivity contribution is -0.138. The number of aliphatic carboxylic acids is 1. The predicted molar refractivity (Wildman–Crippen MR) is 72.0 cm³/mol. The summed E-state index contributed by atoms with van der Waals surface area (Å²) in [5, 5.41) is 8.68. The lowest BCUT2D eigenvalue weighted by atomic mass is 9.82. The zero-order valence-electron chi connectivity index (χ0n) is 10.7. The fourth-order valence-corrected chi connectivity index (χ4v) is 3.25. The van der Waals surface area contributed by atoms with Gasteiger partial charge in [-0.05, 0) is 41.9 Å². The van der Waals surface area contributed by atoms with E-state index in [9.17, 15) is 9.59 Å². The third-order valence-electron chi connectivity index (χ3n) is 4.13. The maximum atomic E-state index is 12.2. The Labute approximate surface area is 111 Å². The number of allylic oxidation sites excluding steroid dienone is 2. The molecule has 1 atom stereocenters. The average molecular weight is 256 g/mol. The highest BCUT2D eigenvalue weighted by molar-refractivity contribution is 6.22. The summed E-state index contributed by atoms with van der Waals surface area (Å²) in [6, 6.07) is 6.14. The summed E-state index contributed by atoms with van der Waals surface area (Å²) in [5.41, 5.74) is 4.47. The van der Waals surface area contributed by atoms with Crippen molar-refractivity contribution in [2.24, 2.45) is 0 Å². The van der Waals surface area contributed by atoms with Gasteiger partial charge in [0.25, 0.3) is 0 Å². The van der Waals surface area contributed by atoms with Crippen molar-refractivity contribution in [2.75, 3.05) is 0 Å². The summed E-state index contributed by atoms with van der Waals surface area (Å²) in [5.74, 6) is -0.399. The Morgan fingerprint density at radius 3 is 2.89 bits per heavy atom. The van der Waals surface area contributed by atoms with Gasteiger partial charge < -0.3 is 5.11 Å². The molecule has 3 rings (SSSR count). The van der Waals surface area contributed by atoms with E-state index in [-0.39, 0.29) is 18.6 Å². The number of carbonyl (C=O) groups excluding carboxylic acids is 1. The fourth-order valence-electron chi connectivity index (χ4n) is 3.25. The summed E-state index contributed by atoms with van der Waals surface area (Å²) < 4.78 is 0. The molecule has 1 unspecified atom stereocenters. The second-order valence-corrected chi connectivity index (χ2v) is 5.28. The lowest BCUT2D eigenvalue weighted by Gasteiger charge is -2.21. The number of benzene rings is 1. The van der Waals surface area contributed by atoms with Gasteiger partial charge in [-0.25, -0.2) is 0 Å². The van der Waals surface area contributed by atoms with E-state index in [0.29, 0.717) is 5.92 Å². The first kappa shape index (κ1) is 12.2. The number of ketones is 1. The predicted octanol–water partition coefficient (Wildman–Crippen LogP) is 2.94. The van der Waals surface area contributed by atoms with Crippen LogP contribution in [0.4, 0.5) is 0 Å². The first-order valence-electron chi connectivity index (χ1n) is 6.74. The maximum absolute atomic E-state index is 12.2. The molecule has 0 saturated carbocycles. The topological polar surface area (TPSA) is 54.4 Å². The van der Waals surface area contributed by atoms with E-state index >= 15 is 0 Å². The largest absolute Gasteiger partial charge is 0.481 e. The fraction of sp³-hybridized carbons (Fsp3) is 0.375. The van der Waals surface area contributed by atoms with Crippen molar-refractivity contribution in [2.45, 2.75) is 38.0 Å². The van der Waals surface area contributed by atoms with Gasteiger partial charge in [-0.15, -0.1) is 0 Å². The van der Waals surface area contributed by atoms with Crippen LogP contribution in [0, 0.1) is 0 Å².